The van der Waals surface area contributed by atoms with Gasteiger partial charge in [-0.3, -0.25) is 4.90 Å². The molecule has 2 N–H and O–H groups in total. The topological polar surface area (TPSA) is 29.3 Å². The maximum atomic E-state index is 6.19. The highest BCUT2D eigenvalue weighted by Gasteiger charge is 2.07. The van der Waals surface area contributed by atoms with Crippen LogP contribution >= 0.6 is 39.7 Å². The third-order valence-electron chi connectivity index (χ3n) is 2.53. The molecule has 0 aromatic heterocycles. The van der Waals surface area contributed by atoms with Crippen molar-refractivity contribution in [2.45, 2.75) is 19.9 Å². The van der Waals surface area contributed by atoms with E-state index in [-0.39, 0.29) is 0 Å². The van der Waals surface area contributed by atoms with Crippen molar-refractivity contribution in [3.05, 3.63) is 33.3 Å². The Balaban J connectivity index is 2.63. The lowest BCUT2D eigenvalue weighted by atomic mass is 10.2. The molecule has 0 saturated carbocycles. The Kier molecular flexibility index (Phi) is 6.41. The molecule has 0 aliphatic heterocycles. The Labute approximate surface area is 121 Å². The van der Waals surface area contributed by atoms with Crippen molar-refractivity contribution < 1.29 is 0 Å². The zero-order chi connectivity index (χ0) is 12.8. The molecule has 1 aromatic carbocycles. The van der Waals surface area contributed by atoms with Crippen LogP contribution in [0.4, 0.5) is 0 Å². The van der Waals surface area contributed by atoms with E-state index in [9.17, 15) is 0 Å². The third kappa shape index (κ3) is 5.34. The minimum atomic E-state index is 0.561. The lowest BCUT2D eigenvalue weighted by Crippen LogP contribution is -2.27. The summed E-state index contributed by atoms with van der Waals surface area (Å²) in [5.41, 5.74) is 6.64. The summed E-state index contributed by atoms with van der Waals surface area (Å²) in [6, 6.07) is 5.96. The van der Waals surface area contributed by atoms with E-state index in [1.165, 1.54) is 0 Å². The van der Waals surface area contributed by atoms with Crippen molar-refractivity contribution >= 4 is 44.7 Å². The molecular weight excluding hydrogens is 320 g/mol. The van der Waals surface area contributed by atoms with Gasteiger partial charge in [0.15, 0.2) is 0 Å². The first kappa shape index (κ1) is 14.9. The van der Waals surface area contributed by atoms with Crippen LogP contribution < -0.4 is 5.73 Å². The first-order chi connectivity index (χ1) is 8.02. The highest BCUT2D eigenvalue weighted by Crippen LogP contribution is 2.22. The fourth-order valence-electron chi connectivity index (χ4n) is 1.51. The predicted octanol–water partition coefficient (Wildman–Crippen LogP) is 3.60. The molecule has 0 saturated heterocycles. The molecule has 0 aliphatic rings. The largest absolute Gasteiger partial charge is 0.393 e. The molecule has 5 heteroatoms. The summed E-state index contributed by atoms with van der Waals surface area (Å²) in [6.45, 7) is 4.77. The average molecular weight is 336 g/mol. The number of halogens is 2. The van der Waals surface area contributed by atoms with E-state index in [1.807, 2.05) is 18.2 Å². The Morgan fingerprint density at radius 2 is 2.24 bits per heavy atom. The van der Waals surface area contributed by atoms with E-state index < -0.39 is 0 Å². The van der Waals surface area contributed by atoms with Gasteiger partial charge in [-0.15, -0.1) is 0 Å². The normalized spacial score (nSPS) is 10.8. The third-order valence-corrected chi connectivity index (χ3v) is 3.58. The van der Waals surface area contributed by atoms with E-state index in [4.69, 9.17) is 29.6 Å². The van der Waals surface area contributed by atoms with Crippen molar-refractivity contribution in [2.75, 3.05) is 13.1 Å². The monoisotopic (exact) mass is 334 g/mol. The first-order valence-electron chi connectivity index (χ1n) is 5.47. The van der Waals surface area contributed by atoms with Crippen molar-refractivity contribution in [2.24, 2.45) is 5.73 Å². The van der Waals surface area contributed by atoms with Crippen molar-refractivity contribution in [3.8, 4) is 0 Å². The van der Waals surface area contributed by atoms with Gasteiger partial charge in [0.25, 0.3) is 0 Å². The summed E-state index contributed by atoms with van der Waals surface area (Å²) < 4.78 is 0.998. The first-order valence-corrected chi connectivity index (χ1v) is 7.05. The van der Waals surface area contributed by atoms with Crippen LogP contribution in [0.5, 0.6) is 0 Å². The van der Waals surface area contributed by atoms with Crippen LogP contribution in [0.1, 0.15) is 18.9 Å². The molecule has 0 heterocycles. The highest BCUT2D eigenvalue weighted by atomic mass is 79.9. The zero-order valence-corrected chi connectivity index (χ0v) is 12.9. The van der Waals surface area contributed by atoms with Crippen molar-refractivity contribution in [1.82, 2.24) is 4.90 Å². The molecule has 0 atom stereocenters. The molecule has 0 aliphatic carbocycles. The number of thiocarbonyl (C=S) groups is 1. The van der Waals surface area contributed by atoms with Gasteiger partial charge in [-0.05, 0) is 24.2 Å². The van der Waals surface area contributed by atoms with Gasteiger partial charge in [0.05, 0.1) is 4.99 Å². The highest BCUT2D eigenvalue weighted by molar-refractivity contribution is 9.10. The predicted molar refractivity (Wildman–Crippen MR) is 81.5 cm³/mol. The fourth-order valence-corrected chi connectivity index (χ4v) is 2.33. The molecule has 2 nitrogen and oxygen atoms in total. The average Bonchev–Trinajstić information content (AvgIpc) is 2.26. The number of nitrogens with two attached hydrogens (primary N) is 1. The molecule has 17 heavy (non-hydrogen) atoms. The maximum absolute atomic E-state index is 6.19. The van der Waals surface area contributed by atoms with E-state index in [1.54, 1.807) is 0 Å². The Hall–Kier alpha value is -0.160. The number of benzene rings is 1. The Morgan fingerprint density at radius 3 is 2.76 bits per heavy atom. The SMILES string of the molecule is CCN(CCC(N)=S)Cc1ccc(Br)cc1Cl. The molecule has 0 spiro atoms. The summed E-state index contributed by atoms with van der Waals surface area (Å²) in [4.78, 5) is 2.83. The summed E-state index contributed by atoms with van der Waals surface area (Å²) in [7, 11) is 0. The lowest BCUT2D eigenvalue weighted by Gasteiger charge is -2.20. The molecule has 0 bridgehead atoms. The summed E-state index contributed by atoms with van der Waals surface area (Å²) in [6.07, 6.45) is 0.747. The quantitative estimate of drug-likeness (QED) is 0.805. The van der Waals surface area contributed by atoms with Crippen molar-refractivity contribution in [1.29, 1.82) is 0 Å². The van der Waals surface area contributed by atoms with Gasteiger partial charge in [0.1, 0.15) is 0 Å². The summed E-state index contributed by atoms with van der Waals surface area (Å²) in [5.74, 6) is 0. The molecular formula is C12H16BrClN2S. The number of hydrogen-bond donors (Lipinski definition) is 1. The van der Waals surface area contributed by atoms with Crippen LogP contribution in [0.3, 0.4) is 0 Å². The standard InChI is InChI=1S/C12H16BrClN2S/c1-2-16(6-5-12(15)17)8-9-3-4-10(13)7-11(9)14/h3-4,7H,2,5-6,8H2,1H3,(H2,15,17). The molecule has 0 fully saturated rings. The van der Waals surface area contributed by atoms with Crippen LogP contribution in [0.25, 0.3) is 0 Å². The Morgan fingerprint density at radius 1 is 1.53 bits per heavy atom. The summed E-state index contributed by atoms with van der Waals surface area (Å²) in [5, 5.41) is 0.785. The number of rotatable bonds is 6. The molecule has 1 rings (SSSR count). The molecule has 0 radical (unpaired) electrons. The van der Waals surface area contributed by atoms with Gasteiger partial charge in [-0.2, -0.15) is 0 Å². The molecule has 0 unspecified atom stereocenters. The Bertz CT molecular complexity index is 398. The van der Waals surface area contributed by atoms with E-state index >= 15 is 0 Å². The minimum Gasteiger partial charge on any atom is -0.393 e. The second-order valence-electron chi connectivity index (χ2n) is 3.82. The van der Waals surface area contributed by atoms with Crippen molar-refractivity contribution in [3.63, 3.8) is 0 Å². The van der Waals surface area contributed by atoms with Crippen LogP contribution in [0.15, 0.2) is 22.7 Å². The van der Waals surface area contributed by atoms with Gasteiger partial charge in [0, 0.05) is 29.0 Å². The van der Waals surface area contributed by atoms with Crippen LogP contribution in [0.2, 0.25) is 5.02 Å². The zero-order valence-electron chi connectivity index (χ0n) is 9.75. The van der Waals surface area contributed by atoms with Gasteiger partial charge < -0.3 is 5.73 Å². The van der Waals surface area contributed by atoms with E-state index in [0.717, 1.165) is 41.1 Å². The van der Waals surface area contributed by atoms with Crippen LogP contribution in [-0.2, 0) is 6.54 Å². The minimum absolute atomic E-state index is 0.561. The van der Waals surface area contributed by atoms with E-state index in [2.05, 4.69) is 27.8 Å². The van der Waals surface area contributed by atoms with Crippen LogP contribution in [0, 0.1) is 0 Å². The second kappa shape index (κ2) is 7.31. The number of nitrogens with zero attached hydrogens (tertiary/aromatic N) is 1. The smallest absolute Gasteiger partial charge is 0.0740 e. The van der Waals surface area contributed by atoms with Gasteiger partial charge >= 0.3 is 0 Å². The van der Waals surface area contributed by atoms with Gasteiger partial charge in [-0.1, -0.05) is 52.7 Å². The van der Waals surface area contributed by atoms with Gasteiger partial charge in [0.2, 0.25) is 0 Å². The van der Waals surface area contributed by atoms with Crippen LogP contribution in [-0.4, -0.2) is 23.0 Å². The van der Waals surface area contributed by atoms with Gasteiger partial charge in [-0.25, -0.2) is 0 Å². The lowest BCUT2D eigenvalue weighted by molar-refractivity contribution is 0.289. The molecule has 0 amide bonds. The number of hydrogen-bond acceptors (Lipinski definition) is 2. The maximum Gasteiger partial charge on any atom is 0.0740 e. The van der Waals surface area contributed by atoms with E-state index in [0.29, 0.717) is 4.99 Å². The molecule has 94 valence electrons. The fraction of sp³-hybridized carbons (Fsp3) is 0.417. The molecule has 1 aromatic rings. The second-order valence-corrected chi connectivity index (χ2v) is 5.67. The summed E-state index contributed by atoms with van der Waals surface area (Å²) >= 11 is 14.5.